The van der Waals surface area contributed by atoms with Gasteiger partial charge in [-0.1, -0.05) is 0 Å². The van der Waals surface area contributed by atoms with Crippen LogP contribution >= 0.6 is 0 Å². The number of pyridine rings is 1. The van der Waals surface area contributed by atoms with E-state index in [0.717, 1.165) is 0 Å². The van der Waals surface area contributed by atoms with Gasteiger partial charge in [0.05, 0.1) is 27.3 Å². The van der Waals surface area contributed by atoms with Crippen molar-refractivity contribution in [3.05, 3.63) is 23.0 Å². The Labute approximate surface area is 78.5 Å². The highest BCUT2D eigenvalue weighted by Gasteiger charge is 2.09. The molecule has 0 saturated heterocycles. The molecule has 4 nitrogen and oxygen atoms in total. The predicted octanol–water partition coefficient (Wildman–Crippen LogP) is -1.10. The van der Waals surface area contributed by atoms with Gasteiger partial charge in [0.25, 0.3) is 0 Å². The summed E-state index contributed by atoms with van der Waals surface area (Å²) in [6.07, 6.45) is 1.45. The Morgan fingerprint density at radius 3 is 2.38 bits per heavy atom. The molecule has 0 aliphatic carbocycles. The molecule has 1 aromatic rings. The summed E-state index contributed by atoms with van der Waals surface area (Å²) in [5, 5.41) is 27.0. The quantitative estimate of drug-likeness (QED) is 0.508. The van der Waals surface area contributed by atoms with E-state index in [9.17, 15) is 5.11 Å². The van der Waals surface area contributed by atoms with E-state index in [-0.39, 0.29) is 27.4 Å². The number of aromatic hydroxyl groups is 1. The minimum absolute atomic E-state index is 0. The third kappa shape index (κ3) is 2.20. The van der Waals surface area contributed by atoms with Crippen LogP contribution in [0.4, 0.5) is 0 Å². The molecular weight excluding hydrogens is 169 g/mol. The number of hydrogen-bond donors (Lipinski definition) is 3. The van der Waals surface area contributed by atoms with Gasteiger partial charge in [-0.05, 0) is 6.92 Å². The van der Waals surface area contributed by atoms with E-state index in [1.54, 1.807) is 6.92 Å². The predicted molar refractivity (Wildman–Crippen MR) is 52.4 cm³/mol. The Balaban J connectivity index is 0.00000144. The van der Waals surface area contributed by atoms with E-state index in [4.69, 9.17) is 10.2 Å². The van der Waals surface area contributed by atoms with Crippen LogP contribution in [-0.2, 0) is 13.2 Å². The molecule has 0 spiro atoms. The molecule has 0 atom stereocenters. The second kappa shape index (κ2) is 4.84. The van der Waals surface area contributed by atoms with Crippen LogP contribution in [-0.4, -0.2) is 28.7 Å². The summed E-state index contributed by atoms with van der Waals surface area (Å²) < 4.78 is 0. The molecule has 0 aliphatic heterocycles. The molecule has 0 radical (unpaired) electrons. The van der Waals surface area contributed by atoms with Crippen molar-refractivity contribution in [3.8, 4) is 5.75 Å². The van der Waals surface area contributed by atoms with E-state index >= 15 is 0 Å². The zero-order chi connectivity index (χ0) is 9.14. The lowest BCUT2D eigenvalue weighted by Crippen LogP contribution is -1.98. The number of rotatable bonds is 2. The maximum atomic E-state index is 9.38. The number of aromatic nitrogens is 1. The summed E-state index contributed by atoms with van der Waals surface area (Å²) in [4.78, 5) is 3.84. The molecule has 1 rings (SSSR count). The lowest BCUT2D eigenvalue weighted by atomic mass is 10.1. The minimum Gasteiger partial charge on any atom is -0.506 e. The van der Waals surface area contributed by atoms with Crippen molar-refractivity contribution in [2.45, 2.75) is 20.1 Å². The van der Waals surface area contributed by atoms with Crippen LogP contribution in [0.15, 0.2) is 6.20 Å². The first-order valence-electron chi connectivity index (χ1n) is 3.58. The molecule has 1 heterocycles. The fourth-order valence-electron chi connectivity index (χ4n) is 0.997. The van der Waals surface area contributed by atoms with E-state index in [1.165, 1.54) is 6.20 Å². The van der Waals surface area contributed by atoms with E-state index in [0.29, 0.717) is 16.8 Å². The van der Waals surface area contributed by atoms with Crippen LogP contribution in [0.25, 0.3) is 0 Å². The highest BCUT2D eigenvalue weighted by molar-refractivity contribution is 5.75. The number of aryl methyl sites for hydroxylation is 1. The van der Waals surface area contributed by atoms with Gasteiger partial charge in [0, 0.05) is 17.3 Å². The SMILES string of the molecule is B.Cc1ncc(CO)c(CO)c1O. The molecule has 5 heteroatoms. The molecule has 1 aromatic heterocycles. The van der Waals surface area contributed by atoms with Crippen molar-refractivity contribution >= 4 is 8.41 Å². The first kappa shape index (κ1) is 11.9. The number of nitrogens with zero attached hydrogens (tertiary/aromatic N) is 1. The summed E-state index contributed by atoms with van der Waals surface area (Å²) >= 11 is 0. The molecule has 72 valence electrons. The van der Waals surface area contributed by atoms with Crippen molar-refractivity contribution in [1.29, 1.82) is 0 Å². The number of hydrogen-bond acceptors (Lipinski definition) is 4. The zero-order valence-corrected chi connectivity index (χ0v) is 6.78. The monoisotopic (exact) mass is 183 g/mol. The third-order valence-electron chi connectivity index (χ3n) is 1.76. The Kier molecular flexibility index (Phi) is 4.44. The Morgan fingerprint density at radius 2 is 1.92 bits per heavy atom. The van der Waals surface area contributed by atoms with Gasteiger partial charge in [-0.15, -0.1) is 0 Å². The maximum Gasteiger partial charge on any atom is 0.142 e. The molecule has 0 aromatic carbocycles. The molecule has 0 unspecified atom stereocenters. The van der Waals surface area contributed by atoms with Crippen LogP contribution in [0.5, 0.6) is 5.75 Å². The zero-order valence-electron chi connectivity index (χ0n) is 6.78. The second-order valence-electron chi connectivity index (χ2n) is 2.51. The standard InChI is InChI=1S/C8H11NO3.BH3/c1-5-8(12)7(4-11)6(3-10)2-9-5;/h2,10-12H,3-4H2,1H3;1H3. The van der Waals surface area contributed by atoms with Crippen molar-refractivity contribution < 1.29 is 15.3 Å². The first-order valence-corrected chi connectivity index (χ1v) is 3.58. The molecule has 0 fully saturated rings. The summed E-state index contributed by atoms with van der Waals surface area (Å²) in [5.74, 6) is -0.0379. The van der Waals surface area contributed by atoms with Crippen LogP contribution in [0, 0.1) is 6.92 Å². The van der Waals surface area contributed by atoms with Crippen LogP contribution in [0.3, 0.4) is 0 Å². The van der Waals surface area contributed by atoms with Crippen LogP contribution < -0.4 is 0 Å². The van der Waals surface area contributed by atoms with Gasteiger partial charge in [-0.2, -0.15) is 0 Å². The largest absolute Gasteiger partial charge is 0.506 e. The summed E-state index contributed by atoms with van der Waals surface area (Å²) in [7, 11) is 0. The second-order valence-corrected chi connectivity index (χ2v) is 2.51. The molecule has 13 heavy (non-hydrogen) atoms. The van der Waals surface area contributed by atoms with Gasteiger partial charge in [-0.25, -0.2) is 0 Å². The Hall–Kier alpha value is -1.07. The van der Waals surface area contributed by atoms with Crippen LogP contribution in [0.1, 0.15) is 16.8 Å². The maximum absolute atomic E-state index is 9.38. The summed E-state index contributed by atoms with van der Waals surface area (Å²) in [6, 6.07) is 0. The van der Waals surface area contributed by atoms with Crippen molar-refractivity contribution in [2.75, 3.05) is 0 Å². The Bertz CT molecular complexity index is 291. The van der Waals surface area contributed by atoms with Gasteiger partial charge >= 0.3 is 0 Å². The van der Waals surface area contributed by atoms with Gasteiger partial charge in [0.2, 0.25) is 0 Å². The highest BCUT2D eigenvalue weighted by Crippen LogP contribution is 2.23. The molecule has 3 N–H and O–H groups in total. The molecule has 0 amide bonds. The Morgan fingerprint density at radius 1 is 1.31 bits per heavy atom. The van der Waals surface area contributed by atoms with Crippen molar-refractivity contribution in [1.82, 2.24) is 4.98 Å². The number of aliphatic hydroxyl groups excluding tert-OH is 2. The van der Waals surface area contributed by atoms with Gasteiger partial charge in [0.1, 0.15) is 5.75 Å². The van der Waals surface area contributed by atoms with Gasteiger partial charge in [0.15, 0.2) is 0 Å². The number of aliphatic hydroxyl groups is 2. The van der Waals surface area contributed by atoms with E-state index in [1.807, 2.05) is 0 Å². The summed E-state index contributed by atoms with van der Waals surface area (Å²) in [6.45, 7) is 1.12. The average Bonchev–Trinajstić information content (AvgIpc) is 2.09. The highest BCUT2D eigenvalue weighted by atomic mass is 16.3. The lowest BCUT2D eigenvalue weighted by molar-refractivity contribution is 0.254. The van der Waals surface area contributed by atoms with Gasteiger partial charge in [-0.3, -0.25) is 4.98 Å². The summed E-state index contributed by atoms with van der Waals surface area (Å²) in [5.41, 5.74) is 1.27. The minimum atomic E-state index is -0.287. The fourth-order valence-corrected chi connectivity index (χ4v) is 0.997. The smallest absolute Gasteiger partial charge is 0.142 e. The normalized spacial score (nSPS) is 9.46. The molecule has 0 aliphatic rings. The van der Waals surface area contributed by atoms with Gasteiger partial charge < -0.3 is 15.3 Å². The topological polar surface area (TPSA) is 73.6 Å². The molecule has 0 bridgehead atoms. The third-order valence-corrected chi connectivity index (χ3v) is 1.76. The van der Waals surface area contributed by atoms with Crippen LogP contribution in [0.2, 0.25) is 0 Å². The van der Waals surface area contributed by atoms with Crippen molar-refractivity contribution in [2.24, 2.45) is 0 Å². The fraction of sp³-hybridized carbons (Fsp3) is 0.375. The average molecular weight is 183 g/mol. The first-order chi connectivity index (χ1) is 5.70. The lowest BCUT2D eigenvalue weighted by Gasteiger charge is -2.07. The molecule has 0 saturated carbocycles. The van der Waals surface area contributed by atoms with E-state index < -0.39 is 0 Å². The van der Waals surface area contributed by atoms with E-state index in [2.05, 4.69) is 4.98 Å². The van der Waals surface area contributed by atoms with Crippen molar-refractivity contribution in [3.63, 3.8) is 0 Å². The molecular formula is C8H14BNO3.